The maximum Gasteiger partial charge on any atom is 0.298 e. The molecule has 1 heterocycles. The van der Waals surface area contributed by atoms with E-state index in [1.807, 2.05) is 30.3 Å². The minimum Gasteiger partial charge on any atom is -0.497 e. The van der Waals surface area contributed by atoms with Gasteiger partial charge in [0, 0.05) is 6.07 Å². The number of carbonyl (C=O) groups is 2. The number of nitrogens with zero attached hydrogens (tertiary/aromatic N) is 1. The van der Waals surface area contributed by atoms with E-state index in [0.717, 1.165) is 22.2 Å². The fourth-order valence-electron chi connectivity index (χ4n) is 2.35. The summed E-state index contributed by atoms with van der Waals surface area (Å²) in [5.74, 6) is 0.623. The Morgan fingerprint density at radius 3 is 2.42 bits per heavy atom. The Morgan fingerprint density at radius 2 is 1.75 bits per heavy atom. The van der Waals surface area contributed by atoms with E-state index in [0.29, 0.717) is 22.1 Å². The Morgan fingerprint density at radius 1 is 1.00 bits per heavy atom. The third kappa shape index (κ3) is 3.00. The number of ether oxygens (including phenoxy) is 2. The monoisotopic (exact) mass is 341 g/mol. The average molecular weight is 341 g/mol. The van der Waals surface area contributed by atoms with Crippen LogP contribution in [0.25, 0.3) is 6.08 Å². The molecule has 6 heteroatoms. The number of hydrogen-bond acceptors (Lipinski definition) is 5. The van der Waals surface area contributed by atoms with E-state index in [1.165, 1.54) is 14.2 Å². The highest BCUT2D eigenvalue weighted by atomic mass is 32.2. The Hall–Kier alpha value is -2.73. The highest BCUT2D eigenvalue weighted by molar-refractivity contribution is 8.19. The van der Waals surface area contributed by atoms with E-state index in [2.05, 4.69) is 0 Å². The molecule has 0 aromatic heterocycles. The molecule has 3 rings (SSSR count). The molecular formula is C18H15NO4S. The van der Waals surface area contributed by atoms with Gasteiger partial charge in [-0.1, -0.05) is 30.3 Å². The van der Waals surface area contributed by atoms with Gasteiger partial charge in [0.05, 0.1) is 24.8 Å². The van der Waals surface area contributed by atoms with Crippen LogP contribution in [0.15, 0.2) is 53.4 Å². The van der Waals surface area contributed by atoms with Crippen LogP contribution < -0.4 is 14.4 Å². The molecule has 1 fully saturated rings. The van der Waals surface area contributed by atoms with Gasteiger partial charge in [-0.25, -0.2) is 4.90 Å². The van der Waals surface area contributed by atoms with Crippen LogP contribution in [0.2, 0.25) is 0 Å². The van der Waals surface area contributed by atoms with Crippen molar-refractivity contribution in [3.8, 4) is 11.5 Å². The Kier molecular flexibility index (Phi) is 4.57. The summed E-state index contributed by atoms with van der Waals surface area (Å²) in [5.41, 5.74) is 1.27. The van der Waals surface area contributed by atoms with Crippen molar-refractivity contribution in [1.29, 1.82) is 0 Å². The molecule has 0 bridgehead atoms. The highest BCUT2D eigenvalue weighted by Crippen LogP contribution is 2.40. The molecule has 5 nitrogen and oxygen atoms in total. The van der Waals surface area contributed by atoms with Crippen LogP contribution in [-0.4, -0.2) is 25.4 Å². The minimum atomic E-state index is -0.364. The van der Waals surface area contributed by atoms with Crippen LogP contribution in [0.3, 0.4) is 0 Å². The van der Waals surface area contributed by atoms with Gasteiger partial charge >= 0.3 is 0 Å². The Balaban J connectivity index is 1.97. The van der Waals surface area contributed by atoms with Gasteiger partial charge in [0.2, 0.25) is 0 Å². The Bertz CT molecular complexity index is 817. The molecule has 0 aliphatic carbocycles. The first-order chi connectivity index (χ1) is 11.6. The second-order valence-electron chi connectivity index (χ2n) is 4.97. The number of amides is 2. The molecular weight excluding hydrogens is 326 g/mol. The van der Waals surface area contributed by atoms with Gasteiger partial charge in [-0.05, 0) is 35.5 Å². The minimum absolute atomic E-state index is 0.356. The number of carbonyl (C=O) groups excluding carboxylic acids is 2. The van der Waals surface area contributed by atoms with Gasteiger partial charge < -0.3 is 9.47 Å². The third-order valence-corrected chi connectivity index (χ3v) is 4.39. The standard InChI is InChI=1S/C18H15NO4S/c1-22-13-8-9-14(15(11-13)23-2)19-17(20)16(24-18(19)21)10-12-6-4-3-5-7-12/h3-11H,1-2H3/b16-10-. The predicted octanol–water partition coefficient (Wildman–Crippen LogP) is 3.94. The number of hydrogen-bond donors (Lipinski definition) is 0. The van der Waals surface area contributed by atoms with Crippen LogP contribution >= 0.6 is 11.8 Å². The highest BCUT2D eigenvalue weighted by Gasteiger charge is 2.37. The Labute approximate surface area is 143 Å². The zero-order chi connectivity index (χ0) is 17.1. The lowest BCUT2D eigenvalue weighted by molar-refractivity contribution is -0.113. The quantitative estimate of drug-likeness (QED) is 0.788. The molecule has 1 saturated heterocycles. The van der Waals surface area contributed by atoms with Gasteiger partial charge in [-0.2, -0.15) is 0 Å². The van der Waals surface area contributed by atoms with Crippen molar-refractivity contribution >= 4 is 34.7 Å². The van der Waals surface area contributed by atoms with Gasteiger partial charge in [0.25, 0.3) is 11.1 Å². The first kappa shape index (κ1) is 16.1. The van der Waals surface area contributed by atoms with Crippen molar-refractivity contribution in [3.63, 3.8) is 0 Å². The van der Waals surface area contributed by atoms with Crippen LogP contribution in [0, 0.1) is 0 Å². The lowest BCUT2D eigenvalue weighted by Gasteiger charge is -2.16. The van der Waals surface area contributed by atoms with Gasteiger partial charge in [0.1, 0.15) is 11.5 Å². The molecule has 24 heavy (non-hydrogen) atoms. The van der Waals surface area contributed by atoms with Crippen molar-refractivity contribution in [2.24, 2.45) is 0 Å². The molecule has 0 atom stereocenters. The zero-order valence-electron chi connectivity index (χ0n) is 13.2. The number of methoxy groups -OCH3 is 2. The molecule has 2 amide bonds. The lowest BCUT2D eigenvalue weighted by atomic mass is 10.2. The number of rotatable bonds is 4. The summed E-state index contributed by atoms with van der Waals surface area (Å²) in [6.45, 7) is 0. The maximum absolute atomic E-state index is 12.7. The molecule has 122 valence electrons. The fraction of sp³-hybridized carbons (Fsp3) is 0.111. The maximum atomic E-state index is 12.7. The second kappa shape index (κ2) is 6.80. The number of benzene rings is 2. The van der Waals surface area contributed by atoms with Crippen molar-refractivity contribution in [3.05, 3.63) is 59.0 Å². The summed E-state index contributed by atoms with van der Waals surface area (Å²) in [6.07, 6.45) is 1.71. The average Bonchev–Trinajstić information content (AvgIpc) is 2.89. The molecule has 1 aliphatic rings. The SMILES string of the molecule is COc1ccc(N2C(=O)S/C(=C\c3ccccc3)C2=O)c(OC)c1. The van der Waals surface area contributed by atoms with E-state index in [1.54, 1.807) is 24.3 Å². The van der Waals surface area contributed by atoms with Gasteiger partial charge in [0.15, 0.2) is 0 Å². The molecule has 1 aliphatic heterocycles. The van der Waals surface area contributed by atoms with E-state index >= 15 is 0 Å². The second-order valence-corrected chi connectivity index (χ2v) is 5.96. The van der Waals surface area contributed by atoms with Gasteiger partial charge in [-0.3, -0.25) is 9.59 Å². The van der Waals surface area contributed by atoms with Crippen LogP contribution in [0.5, 0.6) is 11.5 Å². The topological polar surface area (TPSA) is 55.8 Å². The van der Waals surface area contributed by atoms with E-state index in [4.69, 9.17) is 9.47 Å². The lowest BCUT2D eigenvalue weighted by Crippen LogP contribution is -2.28. The predicted molar refractivity (Wildman–Crippen MR) is 94.4 cm³/mol. The summed E-state index contributed by atoms with van der Waals surface area (Å²) in [6, 6.07) is 14.4. The molecule has 0 spiro atoms. The summed E-state index contributed by atoms with van der Waals surface area (Å²) >= 11 is 0.912. The zero-order valence-corrected chi connectivity index (χ0v) is 14.0. The van der Waals surface area contributed by atoms with Crippen molar-refractivity contribution < 1.29 is 19.1 Å². The number of imide groups is 1. The van der Waals surface area contributed by atoms with Crippen LogP contribution in [-0.2, 0) is 4.79 Å². The largest absolute Gasteiger partial charge is 0.497 e. The number of thioether (sulfide) groups is 1. The van der Waals surface area contributed by atoms with E-state index < -0.39 is 0 Å². The van der Waals surface area contributed by atoms with Crippen LogP contribution in [0.4, 0.5) is 10.5 Å². The summed E-state index contributed by atoms with van der Waals surface area (Å²) in [4.78, 5) is 26.5. The first-order valence-corrected chi connectivity index (χ1v) is 8.00. The van der Waals surface area contributed by atoms with E-state index in [9.17, 15) is 9.59 Å². The first-order valence-electron chi connectivity index (χ1n) is 7.19. The summed E-state index contributed by atoms with van der Waals surface area (Å²) in [7, 11) is 3.02. The molecule has 2 aromatic carbocycles. The van der Waals surface area contributed by atoms with Crippen LogP contribution in [0.1, 0.15) is 5.56 Å². The molecule has 0 radical (unpaired) electrons. The summed E-state index contributed by atoms with van der Waals surface area (Å²) < 4.78 is 10.4. The fourth-order valence-corrected chi connectivity index (χ4v) is 3.18. The molecule has 0 N–H and O–H groups in total. The third-order valence-electron chi connectivity index (χ3n) is 3.52. The van der Waals surface area contributed by atoms with E-state index in [-0.39, 0.29) is 11.1 Å². The van der Waals surface area contributed by atoms with Crippen molar-refractivity contribution in [2.75, 3.05) is 19.1 Å². The summed E-state index contributed by atoms with van der Waals surface area (Å²) in [5, 5.41) is -0.356. The van der Waals surface area contributed by atoms with Gasteiger partial charge in [-0.15, -0.1) is 0 Å². The molecule has 0 saturated carbocycles. The molecule has 0 unspecified atom stereocenters. The normalized spacial score (nSPS) is 15.9. The van der Waals surface area contributed by atoms with Crippen molar-refractivity contribution in [2.45, 2.75) is 0 Å². The molecule has 2 aromatic rings. The van der Waals surface area contributed by atoms with Crippen molar-refractivity contribution in [1.82, 2.24) is 0 Å². The smallest absolute Gasteiger partial charge is 0.298 e. The number of anilines is 1.